The Morgan fingerprint density at radius 3 is 2.69 bits per heavy atom. The Morgan fingerprint density at radius 1 is 1.38 bits per heavy atom. The minimum atomic E-state index is -0.227. The topological polar surface area (TPSA) is 54.3 Å². The van der Waals surface area contributed by atoms with Gasteiger partial charge < -0.3 is 10.4 Å². The van der Waals surface area contributed by atoms with Gasteiger partial charge in [-0.25, -0.2) is 0 Å². The van der Waals surface area contributed by atoms with Gasteiger partial charge in [0.15, 0.2) is 0 Å². The lowest BCUT2D eigenvalue weighted by Gasteiger charge is -2.09. The summed E-state index contributed by atoms with van der Waals surface area (Å²) >= 11 is 3.39. The van der Waals surface area contributed by atoms with Crippen molar-refractivity contribution in [2.24, 2.45) is 7.05 Å². The zero-order valence-corrected chi connectivity index (χ0v) is 10.5. The van der Waals surface area contributed by atoms with E-state index < -0.39 is 0 Å². The Morgan fingerprint density at radius 2 is 2.06 bits per heavy atom. The number of aromatic hydroxyl groups is 1. The molecule has 0 bridgehead atoms. The quantitative estimate of drug-likeness (QED) is 0.842. The molecule has 1 aromatic carbocycles. The molecular formula is C11H11BrN2O2. The third-order valence-corrected chi connectivity index (χ3v) is 3.23. The lowest BCUT2D eigenvalue weighted by molar-refractivity contribution is 0.430. The van der Waals surface area contributed by atoms with Crippen molar-refractivity contribution in [1.82, 2.24) is 4.57 Å². The van der Waals surface area contributed by atoms with Crippen LogP contribution in [-0.4, -0.2) is 16.7 Å². The standard InChI is InChI=1S/C11H11BrN2O2/c1-13-9-3-6-4-10(15)14(2)11(16)7(6)5-8(9)12/h3-5,13,16H,1-2H3. The molecule has 0 aliphatic carbocycles. The lowest BCUT2D eigenvalue weighted by atomic mass is 10.1. The van der Waals surface area contributed by atoms with E-state index in [9.17, 15) is 9.90 Å². The molecule has 2 aromatic rings. The largest absolute Gasteiger partial charge is 0.494 e. The predicted molar refractivity (Wildman–Crippen MR) is 68.1 cm³/mol. The van der Waals surface area contributed by atoms with E-state index >= 15 is 0 Å². The van der Waals surface area contributed by atoms with Crippen molar-refractivity contribution < 1.29 is 5.11 Å². The minimum absolute atomic E-state index is 0.0224. The van der Waals surface area contributed by atoms with Crippen molar-refractivity contribution >= 4 is 32.4 Å². The molecule has 0 spiro atoms. The van der Waals surface area contributed by atoms with Gasteiger partial charge in [0, 0.05) is 35.7 Å². The number of fused-ring (bicyclic) bond motifs is 1. The lowest BCUT2D eigenvalue weighted by Crippen LogP contribution is -2.15. The van der Waals surface area contributed by atoms with Crippen molar-refractivity contribution in [2.75, 3.05) is 12.4 Å². The Balaban J connectivity index is 2.92. The Labute approximate surface area is 101 Å². The highest BCUT2D eigenvalue weighted by Crippen LogP contribution is 2.31. The summed E-state index contributed by atoms with van der Waals surface area (Å²) in [6.45, 7) is 0. The van der Waals surface area contributed by atoms with Crippen molar-refractivity contribution in [2.45, 2.75) is 0 Å². The summed E-state index contributed by atoms with van der Waals surface area (Å²) in [4.78, 5) is 11.5. The van der Waals surface area contributed by atoms with Crippen LogP contribution in [0.2, 0.25) is 0 Å². The average Bonchev–Trinajstić information content (AvgIpc) is 2.27. The molecule has 0 aliphatic heterocycles. The van der Waals surface area contributed by atoms with E-state index in [0.717, 1.165) is 10.2 Å². The third-order valence-electron chi connectivity index (χ3n) is 2.58. The molecule has 5 heteroatoms. The highest BCUT2D eigenvalue weighted by molar-refractivity contribution is 9.10. The minimum Gasteiger partial charge on any atom is -0.494 e. The van der Waals surface area contributed by atoms with E-state index in [2.05, 4.69) is 21.2 Å². The zero-order valence-electron chi connectivity index (χ0n) is 8.91. The molecular weight excluding hydrogens is 272 g/mol. The molecule has 2 rings (SSSR count). The SMILES string of the molecule is CNc1cc2cc(=O)n(C)c(O)c2cc1Br. The number of hydrogen-bond donors (Lipinski definition) is 2. The van der Waals surface area contributed by atoms with Crippen LogP contribution in [0.15, 0.2) is 27.5 Å². The van der Waals surface area contributed by atoms with Crippen LogP contribution < -0.4 is 10.9 Å². The predicted octanol–water partition coefficient (Wildman–Crippen LogP) is 2.05. The average molecular weight is 283 g/mol. The maximum atomic E-state index is 11.5. The van der Waals surface area contributed by atoms with Crippen molar-refractivity contribution in [1.29, 1.82) is 0 Å². The van der Waals surface area contributed by atoms with Gasteiger partial charge in [0.25, 0.3) is 5.56 Å². The van der Waals surface area contributed by atoms with Gasteiger partial charge in [0.1, 0.15) is 0 Å². The van der Waals surface area contributed by atoms with Crippen LogP contribution in [0.1, 0.15) is 0 Å². The Bertz CT molecular complexity index is 619. The summed E-state index contributed by atoms with van der Waals surface area (Å²) in [5.74, 6) is -0.0224. The second kappa shape index (κ2) is 3.83. The molecule has 0 atom stereocenters. The van der Waals surface area contributed by atoms with Crippen LogP contribution in [0.4, 0.5) is 5.69 Å². The zero-order chi connectivity index (χ0) is 11.9. The summed E-state index contributed by atoms with van der Waals surface area (Å²) in [5.41, 5.74) is 0.648. The number of rotatable bonds is 1. The van der Waals surface area contributed by atoms with Gasteiger partial charge in [-0.3, -0.25) is 9.36 Å². The first kappa shape index (κ1) is 11.0. The van der Waals surface area contributed by atoms with Crippen molar-refractivity contribution in [3.63, 3.8) is 0 Å². The monoisotopic (exact) mass is 282 g/mol. The second-order valence-electron chi connectivity index (χ2n) is 3.53. The summed E-state index contributed by atoms with van der Waals surface area (Å²) < 4.78 is 2.06. The molecule has 16 heavy (non-hydrogen) atoms. The molecule has 0 radical (unpaired) electrons. The van der Waals surface area contributed by atoms with E-state index in [0.29, 0.717) is 10.8 Å². The third kappa shape index (κ3) is 1.57. The fraction of sp³-hybridized carbons (Fsp3) is 0.182. The van der Waals surface area contributed by atoms with E-state index in [1.165, 1.54) is 17.7 Å². The highest BCUT2D eigenvalue weighted by Gasteiger charge is 2.08. The van der Waals surface area contributed by atoms with Crippen molar-refractivity contribution in [3.8, 4) is 5.88 Å². The van der Waals surface area contributed by atoms with Crippen LogP contribution in [0, 0.1) is 0 Å². The number of anilines is 1. The van der Waals surface area contributed by atoms with Crippen LogP contribution in [0.25, 0.3) is 10.8 Å². The van der Waals surface area contributed by atoms with Crippen LogP contribution in [0.3, 0.4) is 0 Å². The van der Waals surface area contributed by atoms with Gasteiger partial charge in [-0.2, -0.15) is 0 Å². The van der Waals surface area contributed by atoms with Gasteiger partial charge in [0.2, 0.25) is 5.88 Å². The first-order valence-electron chi connectivity index (χ1n) is 4.74. The number of halogens is 1. The number of nitrogens with one attached hydrogen (secondary N) is 1. The molecule has 0 saturated carbocycles. The molecule has 84 valence electrons. The van der Waals surface area contributed by atoms with Gasteiger partial charge in [-0.05, 0) is 33.4 Å². The fourth-order valence-electron chi connectivity index (χ4n) is 1.61. The maximum absolute atomic E-state index is 11.5. The normalized spacial score (nSPS) is 10.7. The molecule has 4 nitrogen and oxygen atoms in total. The summed E-state index contributed by atoms with van der Waals surface area (Å²) in [6, 6.07) is 5.11. The summed E-state index contributed by atoms with van der Waals surface area (Å²) in [5, 5.41) is 14.2. The molecule has 1 aromatic heterocycles. The van der Waals surface area contributed by atoms with E-state index in [4.69, 9.17) is 0 Å². The molecule has 2 N–H and O–H groups in total. The van der Waals surface area contributed by atoms with E-state index in [1.54, 1.807) is 13.1 Å². The van der Waals surface area contributed by atoms with E-state index in [-0.39, 0.29) is 11.4 Å². The van der Waals surface area contributed by atoms with Crippen molar-refractivity contribution in [3.05, 3.63) is 33.0 Å². The highest BCUT2D eigenvalue weighted by atomic mass is 79.9. The fourth-order valence-corrected chi connectivity index (χ4v) is 2.15. The molecule has 0 unspecified atom stereocenters. The van der Waals surface area contributed by atoms with Gasteiger partial charge in [-0.1, -0.05) is 0 Å². The number of aromatic nitrogens is 1. The summed E-state index contributed by atoms with van der Waals surface area (Å²) in [6.07, 6.45) is 0. The number of benzene rings is 1. The maximum Gasteiger partial charge on any atom is 0.253 e. The first-order chi connectivity index (χ1) is 7.54. The Kier molecular flexibility index (Phi) is 2.63. The molecule has 0 amide bonds. The second-order valence-corrected chi connectivity index (χ2v) is 4.39. The molecule has 0 fully saturated rings. The van der Waals surface area contributed by atoms with Crippen LogP contribution in [0.5, 0.6) is 5.88 Å². The molecule has 0 aliphatic rings. The number of nitrogens with zero attached hydrogens (tertiary/aromatic N) is 1. The first-order valence-corrected chi connectivity index (χ1v) is 5.54. The number of pyridine rings is 1. The van der Waals surface area contributed by atoms with Crippen LogP contribution >= 0.6 is 15.9 Å². The summed E-state index contributed by atoms with van der Waals surface area (Å²) in [7, 11) is 3.34. The number of hydrogen-bond acceptors (Lipinski definition) is 3. The molecule has 0 saturated heterocycles. The molecule has 1 heterocycles. The smallest absolute Gasteiger partial charge is 0.253 e. The van der Waals surface area contributed by atoms with Gasteiger partial charge in [-0.15, -0.1) is 0 Å². The Hall–Kier alpha value is -1.49. The van der Waals surface area contributed by atoms with E-state index in [1.807, 2.05) is 6.07 Å². The van der Waals surface area contributed by atoms with Gasteiger partial charge >= 0.3 is 0 Å². The van der Waals surface area contributed by atoms with Gasteiger partial charge in [0.05, 0.1) is 0 Å². The van der Waals surface area contributed by atoms with Crippen LogP contribution in [-0.2, 0) is 7.05 Å².